The first-order valence-electron chi connectivity index (χ1n) is 10.5. The van der Waals surface area contributed by atoms with E-state index < -0.39 is 6.23 Å². The van der Waals surface area contributed by atoms with Crippen molar-refractivity contribution in [3.05, 3.63) is 90.0 Å². The number of fused-ring (bicyclic) bond motifs is 3. The van der Waals surface area contributed by atoms with Crippen LogP contribution in [0, 0.1) is 0 Å². The van der Waals surface area contributed by atoms with Gasteiger partial charge >= 0.3 is 0 Å². The number of anilines is 1. The van der Waals surface area contributed by atoms with Gasteiger partial charge < -0.3 is 14.8 Å². The summed E-state index contributed by atoms with van der Waals surface area (Å²) in [5.74, 6) is 2.14. The van der Waals surface area contributed by atoms with Crippen molar-refractivity contribution in [2.75, 3.05) is 11.1 Å². The van der Waals surface area contributed by atoms with Crippen LogP contribution in [0.25, 0.3) is 11.3 Å². The van der Waals surface area contributed by atoms with Gasteiger partial charge in [-0.05, 0) is 41.6 Å². The number of hydrogen-bond donors (Lipinski definition) is 1. The Kier molecular flexibility index (Phi) is 5.89. The molecule has 2 heterocycles. The molecule has 0 amide bonds. The highest BCUT2D eigenvalue weighted by Crippen LogP contribution is 2.39. The molecule has 0 saturated carbocycles. The Balaban J connectivity index is 1.40. The molecule has 0 fully saturated rings. The van der Waals surface area contributed by atoms with Crippen molar-refractivity contribution >= 4 is 17.4 Å². The van der Waals surface area contributed by atoms with Gasteiger partial charge in [-0.2, -0.15) is 4.98 Å². The summed E-state index contributed by atoms with van der Waals surface area (Å²) < 4.78 is 12.2. The monoisotopic (exact) mass is 442 g/mol. The van der Waals surface area contributed by atoms with Crippen LogP contribution in [-0.2, 0) is 6.61 Å². The Morgan fingerprint density at radius 3 is 2.53 bits per heavy atom. The standard InChI is InChI=1S/C25H22N4O2S/c1-2-32-25-27-24-22(28-29-25)20-10-6-7-11-21(20)26-23(31-24)18-12-14-19(15-13-18)30-16-17-8-4-3-5-9-17/h3-15,23,26H,2,16H2,1H3. The molecule has 160 valence electrons. The van der Waals surface area contributed by atoms with E-state index in [1.165, 1.54) is 11.8 Å². The van der Waals surface area contributed by atoms with Crippen LogP contribution >= 0.6 is 11.8 Å². The second-order valence-electron chi connectivity index (χ2n) is 7.21. The van der Waals surface area contributed by atoms with E-state index in [4.69, 9.17) is 9.47 Å². The summed E-state index contributed by atoms with van der Waals surface area (Å²) in [7, 11) is 0. The number of para-hydroxylation sites is 1. The zero-order valence-electron chi connectivity index (χ0n) is 17.6. The maximum atomic E-state index is 6.30. The first-order valence-corrected chi connectivity index (χ1v) is 11.5. The zero-order valence-corrected chi connectivity index (χ0v) is 18.4. The van der Waals surface area contributed by atoms with Crippen LogP contribution in [0.4, 0.5) is 5.69 Å². The molecular formula is C25H22N4O2S. The van der Waals surface area contributed by atoms with Crippen LogP contribution in [0.2, 0.25) is 0 Å². The quantitative estimate of drug-likeness (QED) is 0.382. The van der Waals surface area contributed by atoms with E-state index in [-0.39, 0.29) is 0 Å². The van der Waals surface area contributed by atoms with Gasteiger partial charge in [-0.15, -0.1) is 10.2 Å². The minimum Gasteiger partial charge on any atom is -0.489 e. The molecule has 0 bridgehead atoms. The smallest absolute Gasteiger partial charge is 0.247 e. The second kappa shape index (κ2) is 9.28. The topological polar surface area (TPSA) is 69.2 Å². The number of nitrogens with zero attached hydrogens (tertiary/aromatic N) is 3. The van der Waals surface area contributed by atoms with Crippen LogP contribution in [0.3, 0.4) is 0 Å². The van der Waals surface area contributed by atoms with Gasteiger partial charge in [-0.3, -0.25) is 0 Å². The lowest BCUT2D eigenvalue weighted by Crippen LogP contribution is -2.17. The van der Waals surface area contributed by atoms with Gasteiger partial charge in [-0.25, -0.2) is 0 Å². The molecule has 0 radical (unpaired) electrons. The molecule has 3 aromatic carbocycles. The lowest BCUT2D eigenvalue weighted by atomic mass is 10.1. The summed E-state index contributed by atoms with van der Waals surface area (Å²) in [6.07, 6.45) is -0.420. The van der Waals surface area contributed by atoms with E-state index in [0.717, 1.165) is 33.9 Å². The SMILES string of the molecule is CCSc1nnc2c(n1)OC(c1ccc(OCc3ccccc3)cc1)Nc1ccccc1-2. The lowest BCUT2D eigenvalue weighted by Gasteiger charge is -2.19. The summed E-state index contributed by atoms with van der Waals surface area (Å²) >= 11 is 1.54. The predicted molar refractivity (Wildman–Crippen MR) is 126 cm³/mol. The molecular weight excluding hydrogens is 420 g/mol. The molecule has 1 N–H and O–H groups in total. The summed E-state index contributed by atoms with van der Waals surface area (Å²) in [4.78, 5) is 4.62. The van der Waals surface area contributed by atoms with E-state index >= 15 is 0 Å². The van der Waals surface area contributed by atoms with E-state index in [2.05, 4.69) is 27.4 Å². The Labute approximate surface area is 191 Å². The maximum absolute atomic E-state index is 6.30. The van der Waals surface area contributed by atoms with Gasteiger partial charge in [0.05, 0.1) is 0 Å². The molecule has 1 unspecified atom stereocenters. The van der Waals surface area contributed by atoms with E-state index in [1.807, 2.05) is 78.9 Å². The van der Waals surface area contributed by atoms with Crippen molar-refractivity contribution in [3.63, 3.8) is 0 Å². The van der Waals surface area contributed by atoms with Gasteiger partial charge in [0.25, 0.3) is 0 Å². The minimum absolute atomic E-state index is 0.420. The van der Waals surface area contributed by atoms with Crippen molar-refractivity contribution in [1.82, 2.24) is 15.2 Å². The Bertz CT molecular complexity index is 1200. The van der Waals surface area contributed by atoms with E-state index in [0.29, 0.717) is 23.3 Å². The molecule has 7 heteroatoms. The maximum Gasteiger partial charge on any atom is 0.247 e. The number of benzene rings is 3. The predicted octanol–water partition coefficient (Wildman–Crippen LogP) is 5.73. The highest BCUT2D eigenvalue weighted by molar-refractivity contribution is 7.99. The normalized spacial score (nSPS) is 14.3. The van der Waals surface area contributed by atoms with Crippen molar-refractivity contribution < 1.29 is 9.47 Å². The molecule has 6 nitrogen and oxygen atoms in total. The average molecular weight is 443 g/mol. The van der Waals surface area contributed by atoms with Gasteiger partial charge in [0.2, 0.25) is 11.0 Å². The third kappa shape index (κ3) is 4.38. The Morgan fingerprint density at radius 1 is 0.938 bits per heavy atom. The average Bonchev–Trinajstić information content (AvgIpc) is 3.00. The third-order valence-electron chi connectivity index (χ3n) is 5.04. The fourth-order valence-electron chi connectivity index (χ4n) is 3.47. The molecule has 1 aliphatic rings. The van der Waals surface area contributed by atoms with Gasteiger partial charge in [0, 0.05) is 16.8 Å². The van der Waals surface area contributed by atoms with Crippen LogP contribution in [0.5, 0.6) is 11.6 Å². The molecule has 4 aromatic rings. The fraction of sp³-hybridized carbons (Fsp3) is 0.160. The van der Waals surface area contributed by atoms with Crippen molar-refractivity contribution in [2.24, 2.45) is 0 Å². The number of hydrogen-bond acceptors (Lipinski definition) is 7. The van der Waals surface area contributed by atoms with Crippen molar-refractivity contribution in [3.8, 4) is 22.9 Å². The highest BCUT2D eigenvalue weighted by Gasteiger charge is 2.26. The largest absolute Gasteiger partial charge is 0.489 e. The molecule has 1 atom stereocenters. The summed E-state index contributed by atoms with van der Waals surface area (Å²) in [6, 6.07) is 26.0. The number of ether oxygens (including phenoxy) is 2. The van der Waals surface area contributed by atoms with Crippen molar-refractivity contribution in [1.29, 1.82) is 0 Å². The molecule has 0 spiro atoms. The zero-order chi connectivity index (χ0) is 21.8. The summed E-state index contributed by atoms with van der Waals surface area (Å²) in [5, 5.41) is 12.8. The van der Waals surface area contributed by atoms with Gasteiger partial charge in [0.15, 0.2) is 11.9 Å². The van der Waals surface area contributed by atoms with Gasteiger partial charge in [-0.1, -0.05) is 67.2 Å². The minimum atomic E-state index is -0.420. The third-order valence-corrected chi connectivity index (χ3v) is 5.76. The molecule has 0 aliphatic carbocycles. The van der Waals surface area contributed by atoms with Crippen LogP contribution in [0.15, 0.2) is 84.0 Å². The Hall–Kier alpha value is -3.58. The van der Waals surface area contributed by atoms with Gasteiger partial charge in [0.1, 0.15) is 12.4 Å². The van der Waals surface area contributed by atoms with E-state index in [9.17, 15) is 0 Å². The van der Waals surface area contributed by atoms with E-state index in [1.54, 1.807) is 0 Å². The molecule has 1 aliphatic heterocycles. The van der Waals surface area contributed by atoms with Crippen molar-refractivity contribution in [2.45, 2.75) is 24.9 Å². The van der Waals surface area contributed by atoms with Crippen LogP contribution < -0.4 is 14.8 Å². The van der Waals surface area contributed by atoms with Crippen LogP contribution in [-0.4, -0.2) is 20.9 Å². The number of thioether (sulfide) groups is 1. The summed E-state index contributed by atoms with van der Waals surface area (Å²) in [6.45, 7) is 2.58. The number of aromatic nitrogens is 3. The Morgan fingerprint density at radius 2 is 1.72 bits per heavy atom. The number of nitrogens with one attached hydrogen (secondary N) is 1. The first-order chi connectivity index (χ1) is 15.8. The molecule has 5 rings (SSSR count). The summed E-state index contributed by atoms with van der Waals surface area (Å²) in [5.41, 5.74) is 4.57. The first kappa shape index (κ1) is 20.3. The van der Waals surface area contributed by atoms with Crippen LogP contribution in [0.1, 0.15) is 24.3 Å². The molecule has 0 saturated heterocycles. The highest BCUT2D eigenvalue weighted by atomic mass is 32.2. The molecule has 1 aromatic heterocycles. The number of rotatable bonds is 6. The lowest BCUT2D eigenvalue weighted by molar-refractivity contribution is 0.225. The molecule has 32 heavy (non-hydrogen) atoms. The fourth-order valence-corrected chi connectivity index (χ4v) is 3.97. The second-order valence-corrected chi connectivity index (χ2v) is 8.44.